The normalized spacial score (nSPS) is 10.4. The molecule has 4 nitrogen and oxygen atoms in total. The van der Waals surface area contributed by atoms with Crippen LogP contribution < -0.4 is 5.43 Å². The van der Waals surface area contributed by atoms with Crippen molar-refractivity contribution in [2.75, 3.05) is 19.5 Å². The second-order valence-corrected chi connectivity index (χ2v) is 2.95. The van der Waals surface area contributed by atoms with Crippen LogP contribution in [0.4, 0.5) is 5.82 Å². The van der Waals surface area contributed by atoms with Crippen LogP contribution in [-0.4, -0.2) is 29.1 Å². The van der Waals surface area contributed by atoms with E-state index in [0.29, 0.717) is 0 Å². The Morgan fingerprint density at radius 1 is 1.33 bits per heavy atom. The molecule has 0 atom stereocenters. The molecule has 0 aliphatic rings. The van der Waals surface area contributed by atoms with Crippen molar-refractivity contribution in [3.63, 3.8) is 0 Å². The zero-order valence-corrected chi connectivity index (χ0v) is 7.92. The van der Waals surface area contributed by atoms with Gasteiger partial charge in [-0.15, -0.1) is 0 Å². The summed E-state index contributed by atoms with van der Waals surface area (Å²) >= 11 is 0. The van der Waals surface area contributed by atoms with E-state index >= 15 is 0 Å². The van der Waals surface area contributed by atoms with Crippen LogP contribution in [0.25, 0.3) is 0 Å². The molecule has 4 heteroatoms. The fourth-order valence-corrected chi connectivity index (χ4v) is 0.855. The molecule has 1 rings (SSSR count). The first kappa shape index (κ1) is 8.93. The minimum absolute atomic E-state index is 0.819. The van der Waals surface area contributed by atoms with Crippen LogP contribution in [0, 0.1) is 13.8 Å². The number of aromatic nitrogens is 2. The molecule has 1 N–H and O–H groups in total. The largest absolute Gasteiger partial charge is 0.302 e. The maximum Gasteiger partial charge on any atom is 0.162 e. The first-order chi connectivity index (χ1) is 5.59. The summed E-state index contributed by atoms with van der Waals surface area (Å²) in [5.41, 5.74) is 4.91. The van der Waals surface area contributed by atoms with E-state index in [1.54, 1.807) is 6.20 Å². The van der Waals surface area contributed by atoms with Gasteiger partial charge in [0, 0.05) is 20.3 Å². The average molecular weight is 166 g/mol. The summed E-state index contributed by atoms with van der Waals surface area (Å²) in [7, 11) is 3.84. The van der Waals surface area contributed by atoms with Crippen LogP contribution in [0.3, 0.4) is 0 Å². The summed E-state index contributed by atoms with van der Waals surface area (Å²) in [6.45, 7) is 3.85. The molecular weight excluding hydrogens is 152 g/mol. The highest BCUT2D eigenvalue weighted by Gasteiger charge is 2.00. The fourth-order valence-electron chi connectivity index (χ4n) is 0.855. The van der Waals surface area contributed by atoms with Crippen molar-refractivity contribution in [2.24, 2.45) is 0 Å². The highest BCUT2D eigenvalue weighted by Crippen LogP contribution is 2.07. The van der Waals surface area contributed by atoms with Gasteiger partial charge in [-0.25, -0.2) is 9.99 Å². The zero-order chi connectivity index (χ0) is 9.14. The molecule has 0 radical (unpaired) electrons. The van der Waals surface area contributed by atoms with E-state index in [-0.39, 0.29) is 0 Å². The Morgan fingerprint density at radius 3 is 2.58 bits per heavy atom. The van der Waals surface area contributed by atoms with E-state index in [0.717, 1.165) is 17.2 Å². The summed E-state index contributed by atoms with van der Waals surface area (Å²) in [6, 6.07) is 0. The smallest absolute Gasteiger partial charge is 0.162 e. The standard InChI is InChI=1S/C8H14N4/c1-6-5-9-7(2)8(10-6)11-12(3)4/h5H,1-4H3,(H,10,11). The molecule has 0 saturated carbocycles. The second-order valence-electron chi connectivity index (χ2n) is 2.95. The predicted octanol–water partition coefficient (Wildman–Crippen LogP) is 0.982. The van der Waals surface area contributed by atoms with Gasteiger partial charge < -0.3 is 5.43 Å². The van der Waals surface area contributed by atoms with Gasteiger partial charge in [0.15, 0.2) is 5.82 Å². The predicted molar refractivity (Wildman–Crippen MR) is 48.8 cm³/mol. The molecule has 0 saturated heterocycles. The number of nitrogens with one attached hydrogen (secondary N) is 1. The van der Waals surface area contributed by atoms with E-state index in [1.807, 2.05) is 33.0 Å². The Kier molecular flexibility index (Phi) is 2.60. The summed E-state index contributed by atoms with van der Waals surface area (Å²) < 4.78 is 0. The first-order valence-electron chi connectivity index (χ1n) is 3.84. The molecule has 0 spiro atoms. The van der Waals surface area contributed by atoms with Crippen LogP contribution in [-0.2, 0) is 0 Å². The second kappa shape index (κ2) is 3.49. The van der Waals surface area contributed by atoms with Crippen LogP contribution in [0.1, 0.15) is 11.4 Å². The molecular formula is C8H14N4. The lowest BCUT2D eigenvalue weighted by molar-refractivity contribution is 0.491. The lowest BCUT2D eigenvalue weighted by Gasteiger charge is -2.13. The summed E-state index contributed by atoms with van der Waals surface area (Å²) in [4.78, 5) is 8.48. The number of nitrogens with zero attached hydrogens (tertiary/aromatic N) is 3. The van der Waals surface area contributed by atoms with Gasteiger partial charge in [0.05, 0.1) is 11.4 Å². The number of hydrogen-bond donors (Lipinski definition) is 1. The van der Waals surface area contributed by atoms with Crippen molar-refractivity contribution < 1.29 is 0 Å². The molecule has 1 aromatic heterocycles. The zero-order valence-electron chi connectivity index (χ0n) is 7.92. The number of aryl methyl sites for hydroxylation is 2. The van der Waals surface area contributed by atoms with Crippen molar-refractivity contribution >= 4 is 5.82 Å². The number of hydrogen-bond acceptors (Lipinski definition) is 4. The third-order valence-electron chi connectivity index (χ3n) is 1.41. The van der Waals surface area contributed by atoms with Crippen LogP contribution in [0.2, 0.25) is 0 Å². The molecule has 0 aliphatic heterocycles. The highest BCUT2D eigenvalue weighted by molar-refractivity contribution is 5.38. The number of rotatable bonds is 2. The van der Waals surface area contributed by atoms with Gasteiger partial charge in [-0.3, -0.25) is 4.98 Å². The summed E-state index contributed by atoms with van der Waals surface area (Å²) in [5.74, 6) is 0.819. The van der Waals surface area contributed by atoms with Gasteiger partial charge in [0.2, 0.25) is 0 Å². The molecule has 1 aromatic rings. The van der Waals surface area contributed by atoms with E-state index in [2.05, 4.69) is 15.4 Å². The van der Waals surface area contributed by atoms with E-state index in [9.17, 15) is 0 Å². The van der Waals surface area contributed by atoms with E-state index < -0.39 is 0 Å². The van der Waals surface area contributed by atoms with E-state index in [1.165, 1.54) is 0 Å². The monoisotopic (exact) mass is 166 g/mol. The first-order valence-corrected chi connectivity index (χ1v) is 3.84. The fraction of sp³-hybridized carbons (Fsp3) is 0.500. The van der Waals surface area contributed by atoms with Crippen molar-refractivity contribution in [3.05, 3.63) is 17.6 Å². The van der Waals surface area contributed by atoms with Gasteiger partial charge in [-0.05, 0) is 13.8 Å². The third-order valence-corrected chi connectivity index (χ3v) is 1.41. The quantitative estimate of drug-likeness (QED) is 0.665. The molecule has 12 heavy (non-hydrogen) atoms. The number of anilines is 1. The van der Waals surface area contributed by atoms with Gasteiger partial charge in [-0.2, -0.15) is 0 Å². The van der Waals surface area contributed by atoms with Gasteiger partial charge >= 0.3 is 0 Å². The Hall–Kier alpha value is -1.16. The van der Waals surface area contributed by atoms with Crippen LogP contribution >= 0.6 is 0 Å². The van der Waals surface area contributed by atoms with E-state index in [4.69, 9.17) is 0 Å². The Labute approximate surface area is 72.6 Å². The van der Waals surface area contributed by atoms with Crippen molar-refractivity contribution in [1.29, 1.82) is 0 Å². The molecule has 0 fully saturated rings. The van der Waals surface area contributed by atoms with Crippen molar-refractivity contribution in [3.8, 4) is 0 Å². The molecule has 0 amide bonds. The van der Waals surface area contributed by atoms with Crippen LogP contribution in [0.15, 0.2) is 6.20 Å². The van der Waals surface area contributed by atoms with Crippen LogP contribution in [0.5, 0.6) is 0 Å². The summed E-state index contributed by atoms with van der Waals surface area (Å²) in [5, 5.41) is 1.84. The maximum absolute atomic E-state index is 4.30. The average Bonchev–Trinajstić information content (AvgIpc) is 1.96. The molecule has 1 heterocycles. The third kappa shape index (κ3) is 2.17. The molecule has 66 valence electrons. The van der Waals surface area contributed by atoms with Gasteiger partial charge in [0.25, 0.3) is 0 Å². The lowest BCUT2D eigenvalue weighted by atomic mass is 10.4. The van der Waals surface area contributed by atoms with Crippen molar-refractivity contribution in [2.45, 2.75) is 13.8 Å². The Balaban J connectivity index is 2.90. The lowest BCUT2D eigenvalue weighted by Crippen LogP contribution is -2.21. The molecule has 0 bridgehead atoms. The molecule has 0 aliphatic carbocycles. The van der Waals surface area contributed by atoms with Gasteiger partial charge in [-0.1, -0.05) is 0 Å². The minimum Gasteiger partial charge on any atom is -0.302 e. The maximum atomic E-state index is 4.30. The molecule has 0 aromatic carbocycles. The Morgan fingerprint density at radius 2 is 2.00 bits per heavy atom. The molecule has 0 unspecified atom stereocenters. The SMILES string of the molecule is Cc1cnc(C)c(NN(C)C)n1. The minimum atomic E-state index is 0.819. The topological polar surface area (TPSA) is 41.1 Å². The summed E-state index contributed by atoms with van der Waals surface area (Å²) in [6.07, 6.45) is 1.76. The highest BCUT2D eigenvalue weighted by atomic mass is 15.5. The van der Waals surface area contributed by atoms with Gasteiger partial charge in [0.1, 0.15) is 0 Å². The number of hydrazine groups is 1. The Bertz CT molecular complexity index is 270. The van der Waals surface area contributed by atoms with Crippen molar-refractivity contribution in [1.82, 2.24) is 15.0 Å².